The molecule has 2 fully saturated rings. The van der Waals surface area contributed by atoms with Crippen molar-refractivity contribution in [3.05, 3.63) is 60.2 Å². The van der Waals surface area contributed by atoms with Gasteiger partial charge < -0.3 is 9.80 Å². The van der Waals surface area contributed by atoms with Crippen molar-refractivity contribution in [2.75, 3.05) is 26.7 Å². The average Bonchev–Trinajstić information content (AvgIpc) is 3.19. The maximum absolute atomic E-state index is 13.0. The Bertz CT molecular complexity index is 796. The van der Waals surface area contributed by atoms with Crippen LogP contribution >= 0.6 is 0 Å². The molecule has 2 saturated heterocycles. The zero-order valence-electron chi connectivity index (χ0n) is 14.1. The third kappa shape index (κ3) is 2.49. The Hall–Kier alpha value is -2.76. The average molecular weight is 336 g/mol. The second-order valence-corrected chi connectivity index (χ2v) is 6.87. The fraction of sp³-hybridized carbons (Fsp3) is 0.368. The second kappa shape index (κ2) is 5.95. The molecule has 1 spiro atoms. The Labute approximate surface area is 146 Å². The standard InChI is InChI=1S/C19H20N4O2/c1-22-10-7-19(18(22)25)13-23(17(24)16-11-20-8-9-21-16)12-15(19)14-5-3-2-4-6-14/h2-6,8-9,11,15H,7,10,12-13H2,1H3/t15-,19+/m1/s1. The first-order valence-electron chi connectivity index (χ1n) is 8.47. The van der Waals surface area contributed by atoms with E-state index in [4.69, 9.17) is 0 Å². The molecule has 0 aliphatic carbocycles. The Morgan fingerprint density at radius 3 is 2.68 bits per heavy atom. The lowest BCUT2D eigenvalue weighted by Crippen LogP contribution is -2.39. The molecule has 2 atom stereocenters. The zero-order valence-corrected chi connectivity index (χ0v) is 14.1. The lowest BCUT2D eigenvalue weighted by atomic mass is 9.73. The monoisotopic (exact) mass is 336 g/mol. The molecule has 1 aromatic heterocycles. The van der Waals surface area contributed by atoms with Gasteiger partial charge in [-0.1, -0.05) is 30.3 Å². The van der Waals surface area contributed by atoms with Crippen LogP contribution in [0.5, 0.6) is 0 Å². The van der Waals surface area contributed by atoms with Crippen molar-refractivity contribution < 1.29 is 9.59 Å². The van der Waals surface area contributed by atoms with E-state index in [1.165, 1.54) is 12.4 Å². The van der Waals surface area contributed by atoms with Crippen LogP contribution in [0.25, 0.3) is 0 Å². The maximum atomic E-state index is 13.0. The van der Waals surface area contributed by atoms with Crippen LogP contribution < -0.4 is 0 Å². The van der Waals surface area contributed by atoms with Gasteiger partial charge in [-0.15, -0.1) is 0 Å². The molecule has 6 heteroatoms. The van der Waals surface area contributed by atoms with Gasteiger partial charge in [-0.3, -0.25) is 14.6 Å². The van der Waals surface area contributed by atoms with E-state index in [1.54, 1.807) is 16.0 Å². The van der Waals surface area contributed by atoms with Crippen LogP contribution in [0.15, 0.2) is 48.9 Å². The number of carbonyl (C=O) groups excluding carboxylic acids is 2. The Kier molecular flexibility index (Phi) is 3.75. The molecular formula is C19H20N4O2. The molecular weight excluding hydrogens is 316 g/mol. The molecule has 3 heterocycles. The molecule has 0 saturated carbocycles. The summed E-state index contributed by atoms with van der Waals surface area (Å²) in [6.07, 6.45) is 5.31. The highest BCUT2D eigenvalue weighted by molar-refractivity contribution is 5.94. The van der Waals surface area contributed by atoms with Crippen LogP contribution in [0.1, 0.15) is 28.4 Å². The molecule has 2 aromatic rings. The quantitative estimate of drug-likeness (QED) is 0.835. The highest BCUT2D eigenvalue weighted by Crippen LogP contribution is 2.49. The van der Waals surface area contributed by atoms with Crippen molar-refractivity contribution in [1.82, 2.24) is 19.8 Å². The van der Waals surface area contributed by atoms with Gasteiger partial charge in [0.25, 0.3) is 5.91 Å². The van der Waals surface area contributed by atoms with Crippen molar-refractivity contribution in [3.63, 3.8) is 0 Å². The van der Waals surface area contributed by atoms with Gasteiger partial charge in [0, 0.05) is 45.0 Å². The molecule has 4 rings (SSSR count). The summed E-state index contributed by atoms with van der Waals surface area (Å²) in [4.78, 5) is 37.5. The van der Waals surface area contributed by atoms with E-state index in [0.717, 1.165) is 18.5 Å². The van der Waals surface area contributed by atoms with E-state index in [2.05, 4.69) is 9.97 Å². The number of aromatic nitrogens is 2. The Morgan fingerprint density at radius 2 is 2.04 bits per heavy atom. The number of hydrogen-bond acceptors (Lipinski definition) is 4. The van der Waals surface area contributed by atoms with Crippen molar-refractivity contribution in [3.8, 4) is 0 Å². The van der Waals surface area contributed by atoms with E-state index < -0.39 is 5.41 Å². The highest BCUT2D eigenvalue weighted by atomic mass is 16.2. The summed E-state index contributed by atoms with van der Waals surface area (Å²) in [6.45, 7) is 1.69. The maximum Gasteiger partial charge on any atom is 0.274 e. The highest BCUT2D eigenvalue weighted by Gasteiger charge is 2.57. The summed E-state index contributed by atoms with van der Waals surface area (Å²) in [6, 6.07) is 10.0. The largest absolute Gasteiger partial charge is 0.345 e. The zero-order chi connectivity index (χ0) is 17.4. The van der Waals surface area contributed by atoms with E-state index in [0.29, 0.717) is 18.8 Å². The van der Waals surface area contributed by atoms with Crippen molar-refractivity contribution in [2.24, 2.45) is 5.41 Å². The van der Waals surface area contributed by atoms with E-state index in [9.17, 15) is 9.59 Å². The fourth-order valence-corrected chi connectivity index (χ4v) is 4.17. The first-order valence-corrected chi connectivity index (χ1v) is 8.47. The first-order chi connectivity index (χ1) is 12.1. The van der Waals surface area contributed by atoms with Crippen LogP contribution in [0, 0.1) is 5.41 Å². The number of nitrogens with zero attached hydrogens (tertiary/aromatic N) is 4. The lowest BCUT2D eigenvalue weighted by molar-refractivity contribution is -0.134. The molecule has 0 unspecified atom stereocenters. The number of benzene rings is 1. The van der Waals surface area contributed by atoms with Crippen molar-refractivity contribution in [2.45, 2.75) is 12.3 Å². The molecule has 6 nitrogen and oxygen atoms in total. The molecule has 2 aliphatic rings. The van der Waals surface area contributed by atoms with Gasteiger partial charge in [0.2, 0.25) is 5.91 Å². The molecule has 1 aromatic carbocycles. The number of amides is 2. The van der Waals surface area contributed by atoms with Gasteiger partial charge in [0.15, 0.2) is 0 Å². The summed E-state index contributed by atoms with van der Waals surface area (Å²) in [5, 5.41) is 0. The van der Waals surface area contributed by atoms with Crippen LogP contribution in [0.4, 0.5) is 0 Å². The van der Waals surface area contributed by atoms with E-state index in [1.807, 2.05) is 37.4 Å². The third-order valence-corrected chi connectivity index (χ3v) is 5.48. The van der Waals surface area contributed by atoms with Crippen LogP contribution in [-0.2, 0) is 4.79 Å². The molecule has 0 N–H and O–H groups in total. The summed E-state index contributed by atoms with van der Waals surface area (Å²) >= 11 is 0. The molecule has 0 bridgehead atoms. The van der Waals surface area contributed by atoms with E-state index >= 15 is 0 Å². The minimum Gasteiger partial charge on any atom is -0.345 e. The Morgan fingerprint density at radius 1 is 1.24 bits per heavy atom. The summed E-state index contributed by atoms with van der Waals surface area (Å²) in [5.74, 6) is -0.0178. The number of rotatable bonds is 2. The summed E-state index contributed by atoms with van der Waals surface area (Å²) in [7, 11) is 1.84. The van der Waals surface area contributed by atoms with Crippen LogP contribution in [0.3, 0.4) is 0 Å². The van der Waals surface area contributed by atoms with Crippen molar-refractivity contribution >= 4 is 11.8 Å². The lowest BCUT2D eigenvalue weighted by Gasteiger charge is -2.28. The smallest absolute Gasteiger partial charge is 0.274 e. The molecule has 0 radical (unpaired) electrons. The first kappa shape index (κ1) is 15.7. The molecule has 128 valence electrons. The third-order valence-electron chi connectivity index (χ3n) is 5.48. The van der Waals surface area contributed by atoms with Crippen molar-refractivity contribution in [1.29, 1.82) is 0 Å². The fourth-order valence-electron chi connectivity index (χ4n) is 4.17. The predicted octanol–water partition coefficient (Wildman–Crippen LogP) is 1.56. The minimum atomic E-state index is -0.534. The SMILES string of the molecule is CN1CC[C@@]2(CN(C(=O)c3cnccn3)C[C@@H]2c2ccccc2)C1=O. The summed E-state index contributed by atoms with van der Waals surface area (Å²) in [5.41, 5.74) is 0.902. The number of hydrogen-bond donors (Lipinski definition) is 0. The van der Waals surface area contributed by atoms with Gasteiger partial charge in [-0.05, 0) is 12.0 Å². The molecule has 2 aliphatic heterocycles. The van der Waals surface area contributed by atoms with Crippen LogP contribution in [-0.4, -0.2) is 58.3 Å². The summed E-state index contributed by atoms with van der Waals surface area (Å²) < 4.78 is 0. The van der Waals surface area contributed by atoms with Crippen LogP contribution in [0.2, 0.25) is 0 Å². The number of carbonyl (C=O) groups is 2. The van der Waals surface area contributed by atoms with Gasteiger partial charge in [-0.25, -0.2) is 4.98 Å². The van der Waals surface area contributed by atoms with Gasteiger partial charge in [0.1, 0.15) is 5.69 Å². The van der Waals surface area contributed by atoms with E-state index in [-0.39, 0.29) is 17.7 Å². The minimum absolute atomic E-state index is 0.00627. The topological polar surface area (TPSA) is 66.4 Å². The van der Waals surface area contributed by atoms with Gasteiger partial charge in [0.05, 0.1) is 11.6 Å². The molecule has 25 heavy (non-hydrogen) atoms. The van der Waals surface area contributed by atoms with Gasteiger partial charge >= 0.3 is 0 Å². The predicted molar refractivity (Wildman–Crippen MR) is 91.8 cm³/mol. The second-order valence-electron chi connectivity index (χ2n) is 6.87. The van der Waals surface area contributed by atoms with Gasteiger partial charge in [-0.2, -0.15) is 0 Å². The number of likely N-dealkylation sites (tertiary alicyclic amines) is 2. The Balaban J connectivity index is 1.70. The normalized spacial score (nSPS) is 25.8. The molecule has 2 amide bonds.